The number of anilines is 1. The summed E-state index contributed by atoms with van der Waals surface area (Å²) in [6.07, 6.45) is -0.946. The molecule has 138 valence electrons. The van der Waals surface area contributed by atoms with Gasteiger partial charge < -0.3 is 14.8 Å². The van der Waals surface area contributed by atoms with Crippen molar-refractivity contribution >= 4 is 28.5 Å². The molecule has 0 aliphatic carbocycles. The summed E-state index contributed by atoms with van der Waals surface area (Å²) < 4.78 is 10.5. The largest absolute Gasteiger partial charge is 0.497 e. The second-order valence-corrected chi connectivity index (χ2v) is 6.08. The Morgan fingerprint density at radius 3 is 2.52 bits per heavy atom. The van der Waals surface area contributed by atoms with Gasteiger partial charge in [-0.2, -0.15) is 0 Å². The van der Waals surface area contributed by atoms with Gasteiger partial charge in [-0.25, -0.2) is 4.79 Å². The number of esters is 1. The first-order valence-electron chi connectivity index (χ1n) is 8.50. The van der Waals surface area contributed by atoms with E-state index in [1.54, 1.807) is 38.3 Å². The Kier molecular flexibility index (Phi) is 5.35. The first kappa shape index (κ1) is 18.4. The lowest BCUT2D eigenvalue weighted by atomic mass is 10.1. The zero-order valence-corrected chi connectivity index (χ0v) is 15.4. The van der Waals surface area contributed by atoms with Crippen molar-refractivity contribution in [2.45, 2.75) is 20.0 Å². The molecule has 6 heteroatoms. The van der Waals surface area contributed by atoms with Crippen LogP contribution in [0.2, 0.25) is 0 Å². The fourth-order valence-corrected chi connectivity index (χ4v) is 2.63. The fourth-order valence-electron chi connectivity index (χ4n) is 2.63. The fraction of sp³-hybridized carbons (Fsp3) is 0.190. The number of rotatable bonds is 5. The number of para-hydroxylation sites is 1. The van der Waals surface area contributed by atoms with Gasteiger partial charge in [0.25, 0.3) is 5.91 Å². The molecule has 27 heavy (non-hydrogen) atoms. The average Bonchev–Trinajstić information content (AvgIpc) is 2.67. The quantitative estimate of drug-likeness (QED) is 0.698. The molecule has 0 aliphatic heterocycles. The Hall–Kier alpha value is -3.41. The van der Waals surface area contributed by atoms with Gasteiger partial charge in [0.2, 0.25) is 0 Å². The molecule has 0 aliphatic rings. The number of benzene rings is 2. The van der Waals surface area contributed by atoms with Crippen molar-refractivity contribution in [2.75, 3.05) is 12.4 Å². The van der Waals surface area contributed by atoms with Gasteiger partial charge in [0.1, 0.15) is 5.75 Å². The van der Waals surface area contributed by atoms with Crippen LogP contribution in [0.3, 0.4) is 0 Å². The number of methoxy groups -OCH3 is 1. The molecule has 1 aromatic heterocycles. The van der Waals surface area contributed by atoms with Crippen molar-refractivity contribution in [3.8, 4) is 5.75 Å². The molecule has 1 atom stereocenters. The first-order chi connectivity index (χ1) is 13.0. The minimum atomic E-state index is -0.946. The number of carbonyl (C=O) groups excluding carboxylic acids is 2. The second kappa shape index (κ2) is 7.86. The Bertz CT molecular complexity index is 986. The third kappa shape index (κ3) is 4.23. The van der Waals surface area contributed by atoms with E-state index in [-0.39, 0.29) is 0 Å². The van der Waals surface area contributed by atoms with Gasteiger partial charge in [-0.15, -0.1) is 0 Å². The van der Waals surface area contributed by atoms with Crippen LogP contribution < -0.4 is 10.1 Å². The smallest absolute Gasteiger partial charge is 0.340 e. The van der Waals surface area contributed by atoms with Crippen molar-refractivity contribution in [3.05, 3.63) is 65.9 Å². The van der Waals surface area contributed by atoms with Gasteiger partial charge in [-0.05, 0) is 50.2 Å². The third-order valence-electron chi connectivity index (χ3n) is 4.13. The molecule has 2 aromatic carbocycles. The maximum atomic E-state index is 12.6. The lowest BCUT2D eigenvalue weighted by Crippen LogP contribution is -2.30. The molecular weight excluding hydrogens is 344 g/mol. The van der Waals surface area contributed by atoms with Crippen LogP contribution in [-0.2, 0) is 9.53 Å². The van der Waals surface area contributed by atoms with Gasteiger partial charge in [-0.1, -0.05) is 18.2 Å². The summed E-state index contributed by atoms with van der Waals surface area (Å²) in [6, 6.07) is 16.1. The van der Waals surface area contributed by atoms with E-state index >= 15 is 0 Å². The number of aryl methyl sites for hydroxylation is 1. The number of nitrogens with zero attached hydrogens (tertiary/aromatic N) is 1. The summed E-state index contributed by atoms with van der Waals surface area (Å²) in [5, 5.41) is 3.47. The Balaban J connectivity index is 1.76. The number of pyridine rings is 1. The maximum absolute atomic E-state index is 12.6. The number of amides is 1. The summed E-state index contributed by atoms with van der Waals surface area (Å²) in [4.78, 5) is 29.2. The Morgan fingerprint density at radius 1 is 1.07 bits per heavy atom. The minimum Gasteiger partial charge on any atom is -0.497 e. The first-order valence-corrected chi connectivity index (χ1v) is 8.50. The van der Waals surface area contributed by atoms with Crippen LogP contribution >= 0.6 is 0 Å². The molecule has 3 rings (SSSR count). The molecule has 1 amide bonds. The van der Waals surface area contributed by atoms with Crippen LogP contribution in [0.4, 0.5) is 5.69 Å². The molecule has 3 aromatic rings. The van der Waals surface area contributed by atoms with Crippen LogP contribution in [0.15, 0.2) is 54.6 Å². The third-order valence-corrected chi connectivity index (χ3v) is 4.13. The maximum Gasteiger partial charge on any atom is 0.340 e. The van der Waals surface area contributed by atoms with Crippen LogP contribution in [0.25, 0.3) is 10.9 Å². The van der Waals surface area contributed by atoms with Crippen LogP contribution in [0, 0.1) is 6.92 Å². The highest BCUT2D eigenvalue weighted by Gasteiger charge is 2.21. The number of hydrogen-bond donors (Lipinski definition) is 1. The van der Waals surface area contributed by atoms with Gasteiger partial charge in [0.15, 0.2) is 6.10 Å². The Labute approximate surface area is 157 Å². The van der Waals surface area contributed by atoms with Gasteiger partial charge in [0, 0.05) is 11.1 Å². The lowest BCUT2D eigenvalue weighted by Gasteiger charge is -2.14. The predicted molar refractivity (Wildman–Crippen MR) is 103 cm³/mol. The summed E-state index contributed by atoms with van der Waals surface area (Å²) in [6.45, 7) is 3.26. The summed E-state index contributed by atoms with van der Waals surface area (Å²) in [5.41, 5.74) is 2.24. The highest BCUT2D eigenvalue weighted by atomic mass is 16.5. The summed E-state index contributed by atoms with van der Waals surface area (Å²) in [5.74, 6) is -0.328. The molecule has 1 N–H and O–H groups in total. The molecule has 0 fully saturated rings. The van der Waals surface area contributed by atoms with Crippen molar-refractivity contribution < 1.29 is 19.1 Å². The molecule has 0 saturated carbocycles. The number of hydrogen-bond acceptors (Lipinski definition) is 5. The number of fused-ring (bicyclic) bond motifs is 1. The average molecular weight is 364 g/mol. The lowest BCUT2D eigenvalue weighted by molar-refractivity contribution is -0.123. The molecule has 0 spiro atoms. The predicted octanol–water partition coefficient (Wildman–Crippen LogP) is 3.74. The standard InChI is InChI=1S/C21H20N2O4/c1-13-18(12-15-11-17(26-3)9-10-19(15)22-13)21(25)27-14(2)20(24)23-16-7-5-4-6-8-16/h4-12,14H,1-3H3,(H,23,24). The summed E-state index contributed by atoms with van der Waals surface area (Å²) in [7, 11) is 1.57. The van der Waals surface area contributed by atoms with Crippen molar-refractivity contribution in [3.63, 3.8) is 0 Å². The topological polar surface area (TPSA) is 77.5 Å². The number of nitrogens with one attached hydrogen (secondary N) is 1. The minimum absolute atomic E-state index is 0.315. The van der Waals surface area contributed by atoms with E-state index in [2.05, 4.69) is 10.3 Å². The van der Waals surface area contributed by atoms with Gasteiger partial charge in [-0.3, -0.25) is 9.78 Å². The van der Waals surface area contributed by atoms with E-state index in [0.29, 0.717) is 22.7 Å². The van der Waals surface area contributed by atoms with Crippen LogP contribution in [-0.4, -0.2) is 30.1 Å². The van der Waals surface area contributed by atoms with Crippen LogP contribution in [0.5, 0.6) is 5.75 Å². The molecule has 0 radical (unpaired) electrons. The van der Waals surface area contributed by atoms with E-state index in [1.807, 2.05) is 30.3 Å². The monoisotopic (exact) mass is 364 g/mol. The highest BCUT2D eigenvalue weighted by Crippen LogP contribution is 2.22. The van der Waals surface area contributed by atoms with Gasteiger partial charge in [0.05, 0.1) is 23.9 Å². The van der Waals surface area contributed by atoms with E-state index < -0.39 is 18.0 Å². The SMILES string of the molecule is COc1ccc2nc(C)c(C(=O)OC(C)C(=O)Nc3ccccc3)cc2c1. The molecule has 6 nitrogen and oxygen atoms in total. The van der Waals surface area contributed by atoms with E-state index in [0.717, 1.165) is 10.9 Å². The number of ether oxygens (including phenoxy) is 2. The number of carbonyl (C=O) groups is 2. The molecule has 0 saturated heterocycles. The van der Waals surface area contributed by atoms with Crippen LogP contribution in [0.1, 0.15) is 23.0 Å². The molecular formula is C21H20N2O4. The van der Waals surface area contributed by atoms with Crippen molar-refractivity contribution in [2.24, 2.45) is 0 Å². The number of aromatic nitrogens is 1. The van der Waals surface area contributed by atoms with Crippen molar-refractivity contribution in [1.29, 1.82) is 0 Å². The molecule has 1 unspecified atom stereocenters. The summed E-state index contributed by atoms with van der Waals surface area (Å²) >= 11 is 0. The second-order valence-electron chi connectivity index (χ2n) is 6.08. The van der Waals surface area contributed by atoms with E-state index in [4.69, 9.17) is 9.47 Å². The van der Waals surface area contributed by atoms with E-state index in [1.165, 1.54) is 6.92 Å². The van der Waals surface area contributed by atoms with E-state index in [9.17, 15) is 9.59 Å². The normalized spacial score (nSPS) is 11.7. The Morgan fingerprint density at radius 2 is 1.81 bits per heavy atom. The van der Waals surface area contributed by atoms with Gasteiger partial charge >= 0.3 is 5.97 Å². The molecule has 1 heterocycles. The molecule has 0 bridgehead atoms. The highest BCUT2D eigenvalue weighted by molar-refractivity contribution is 5.99. The zero-order valence-electron chi connectivity index (χ0n) is 15.4. The zero-order chi connectivity index (χ0) is 19.4. The van der Waals surface area contributed by atoms with Crippen molar-refractivity contribution in [1.82, 2.24) is 4.98 Å².